The molecule has 120 valence electrons. The summed E-state index contributed by atoms with van der Waals surface area (Å²) in [7, 11) is 1.50. The van der Waals surface area contributed by atoms with Crippen molar-refractivity contribution in [3.05, 3.63) is 22.7 Å². The van der Waals surface area contributed by atoms with Gasteiger partial charge in [-0.25, -0.2) is 0 Å². The third kappa shape index (κ3) is 4.28. The number of carbonyl (C=O) groups excluding carboxylic acids is 1. The van der Waals surface area contributed by atoms with Gasteiger partial charge in [-0.15, -0.1) is 0 Å². The molecular formula is C16H21ClN2O3. The lowest BCUT2D eigenvalue weighted by atomic mass is 10.1. The van der Waals surface area contributed by atoms with E-state index in [1.807, 2.05) is 13.8 Å². The molecule has 0 spiro atoms. The third-order valence-corrected chi connectivity index (χ3v) is 3.43. The molecule has 0 aromatic heterocycles. The molecule has 6 heteroatoms. The lowest BCUT2D eigenvalue weighted by Gasteiger charge is -2.22. The summed E-state index contributed by atoms with van der Waals surface area (Å²) in [4.78, 5) is 14.2. The Morgan fingerprint density at radius 2 is 2.14 bits per heavy atom. The molecule has 1 rings (SSSR count). The molecule has 0 fully saturated rings. The van der Waals surface area contributed by atoms with Crippen LogP contribution >= 0.6 is 11.6 Å². The molecule has 0 unspecified atom stereocenters. The van der Waals surface area contributed by atoms with Crippen LogP contribution in [0.25, 0.3) is 0 Å². The molecule has 0 saturated carbocycles. The Morgan fingerprint density at radius 1 is 1.45 bits per heavy atom. The average Bonchev–Trinajstić information content (AvgIpc) is 2.53. The maximum Gasteiger partial charge on any atom is 0.254 e. The highest BCUT2D eigenvalue weighted by Crippen LogP contribution is 2.36. The van der Waals surface area contributed by atoms with Crippen molar-refractivity contribution in [2.24, 2.45) is 5.92 Å². The van der Waals surface area contributed by atoms with Gasteiger partial charge in [-0.1, -0.05) is 11.6 Å². The monoisotopic (exact) mass is 324 g/mol. The number of rotatable bonds is 7. The van der Waals surface area contributed by atoms with Gasteiger partial charge < -0.3 is 14.4 Å². The van der Waals surface area contributed by atoms with Gasteiger partial charge in [0.25, 0.3) is 5.91 Å². The number of carbonyl (C=O) groups is 1. The van der Waals surface area contributed by atoms with Gasteiger partial charge in [-0.05, 0) is 32.9 Å². The summed E-state index contributed by atoms with van der Waals surface area (Å²) in [6.07, 6.45) is 0. The van der Waals surface area contributed by atoms with Crippen LogP contribution in [-0.4, -0.2) is 37.6 Å². The second kappa shape index (κ2) is 8.50. The zero-order chi connectivity index (χ0) is 16.7. The maximum atomic E-state index is 12.6. The molecule has 22 heavy (non-hydrogen) atoms. The first-order valence-corrected chi connectivity index (χ1v) is 7.55. The molecule has 0 N–H and O–H groups in total. The van der Waals surface area contributed by atoms with Crippen LogP contribution in [0.5, 0.6) is 11.5 Å². The Hall–Kier alpha value is -1.93. The summed E-state index contributed by atoms with van der Waals surface area (Å²) in [6, 6.07) is 5.31. The van der Waals surface area contributed by atoms with Crippen LogP contribution in [-0.2, 0) is 0 Å². The number of nitriles is 1. The maximum absolute atomic E-state index is 12.6. The summed E-state index contributed by atoms with van der Waals surface area (Å²) in [5.74, 6) is 0.426. The molecule has 0 saturated heterocycles. The normalized spacial score (nSPS) is 11.5. The summed E-state index contributed by atoms with van der Waals surface area (Å²) in [5, 5.41) is 9.24. The first-order chi connectivity index (χ1) is 10.5. The lowest BCUT2D eigenvalue weighted by molar-refractivity contribution is 0.0752. The highest BCUT2D eigenvalue weighted by molar-refractivity contribution is 6.32. The van der Waals surface area contributed by atoms with Crippen LogP contribution in [0.2, 0.25) is 5.02 Å². The van der Waals surface area contributed by atoms with Crippen molar-refractivity contribution in [1.29, 1.82) is 5.26 Å². The number of methoxy groups -OCH3 is 1. The minimum absolute atomic E-state index is 0.187. The number of ether oxygens (including phenoxy) is 2. The van der Waals surface area contributed by atoms with Gasteiger partial charge in [-0.2, -0.15) is 5.26 Å². The molecular weight excluding hydrogens is 304 g/mol. The van der Waals surface area contributed by atoms with Crippen LogP contribution in [0, 0.1) is 17.2 Å². The predicted molar refractivity (Wildman–Crippen MR) is 85.5 cm³/mol. The molecule has 1 amide bonds. The van der Waals surface area contributed by atoms with E-state index < -0.39 is 0 Å². The molecule has 0 aliphatic carbocycles. The molecule has 1 aromatic rings. The van der Waals surface area contributed by atoms with Gasteiger partial charge in [0, 0.05) is 18.7 Å². The highest BCUT2D eigenvalue weighted by Gasteiger charge is 2.20. The van der Waals surface area contributed by atoms with E-state index in [9.17, 15) is 4.79 Å². The van der Waals surface area contributed by atoms with Crippen LogP contribution in [0.1, 0.15) is 31.1 Å². The molecule has 5 nitrogen and oxygen atoms in total. The van der Waals surface area contributed by atoms with E-state index in [0.717, 1.165) is 0 Å². The summed E-state index contributed by atoms with van der Waals surface area (Å²) >= 11 is 6.19. The van der Waals surface area contributed by atoms with Gasteiger partial charge in [-0.3, -0.25) is 4.79 Å². The van der Waals surface area contributed by atoms with E-state index in [-0.39, 0.29) is 11.8 Å². The fourth-order valence-electron chi connectivity index (χ4n) is 2.04. The average molecular weight is 325 g/mol. The van der Waals surface area contributed by atoms with Crippen LogP contribution in [0.15, 0.2) is 12.1 Å². The fraction of sp³-hybridized carbons (Fsp3) is 0.500. The zero-order valence-electron chi connectivity index (χ0n) is 13.4. The van der Waals surface area contributed by atoms with E-state index in [2.05, 4.69) is 6.07 Å². The van der Waals surface area contributed by atoms with Gasteiger partial charge in [0.05, 0.1) is 30.7 Å². The second-order valence-corrected chi connectivity index (χ2v) is 5.20. The smallest absolute Gasteiger partial charge is 0.254 e. The minimum Gasteiger partial charge on any atom is -0.493 e. The van der Waals surface area contributed by atoms with Gasteiger partial charge >= 0.3 is 0 Å². The van der Waals surface area contributed by atoms with Gasteiger partial charge in [0.15, 0.2) is 11.5 Å². The quantitative estimate of drug-likeness (QED) is 0.771. The minimum atomic E-state index is -0.232. The van der Waals surface area contributed by atoms with Crippen molar-refractivity contribution in [2.75, 3.05) is 26.8 Å². The van der Waals surface area contributed by atoms with Crippen molar-refractivity contribution in [3.63, 3.8) is 0 Å². The summed E-state index contributed by atoms with van der Waals surface area (Å²) in [6.45, 7) is 6.83. The second-order valence-electron chi connectivity index (χ2n) is 4.80. The Bertz CT molecular complexity index is 569. The third-order valence-electron chi connectivity index (χ3n) is 3.15. The van der Waals surface area contributed by atoms with E-state index in [1.54, 1.807) is 24.0 Å². The van der Waals surface area contributed by atoms with Crippen molar-refractivity contribution >= 4 is 17.5 Å². The first kappa shape index (κ1) is 18.1. The molecule has 0 radical (unpaired) electrons. The Balaban J connectivity index is 3.12. The van der Waals surface area contributed by atoms with Crippen molar-refractivity contribution in [2.45, 2.75) is 20.8 Å². The predicted octanol–water partition coefficient (Wildman–Crippen LogP) is 3.37. The molecule has 1 atom stereocenters. The molecule has 0 aliphatic rings. The van der Waals surface area contributed by atoms with Crippen LogP contribution in [0.4, 0.5) is 0 Å². The largest absolute Gasteiger partial charge is 0.493 e. The zero-order valence-corrected chi connectivity index (χ0v) is 14.1. The number of hydrogen-bond acceptors (Lipinski definition) is 4. The van der Waals surface area contributed by atoms with Gasteiger partial charge in [0.2, 0.25) is 0 Å². The molecule has 0 aliphatic heterocycles. The SMILES string of the molecule is CCOc1c(Cl)cc(C(=O)N(CC)C[C@H](C)C#N)cc1OC. The van der Waals surface area contributed by atoms with E-state index >= 15 is 0 Å². The number of amides is 1. The van der Waals surface area contributed by atoms with Crippen LogP contribution < -0.4 is 9.47 Å². The topological polar surface area (TPSA) is 62.6 Å². The Kier molecular flexibility index (Phi) is 7.00. The van der Waals surface area contributed by atoms with Gasteiger partial charge in [0.1, 0.15) is 0 Å². The van der Waals surface area contributed by atoms with Crippen molar-refractivity contribution in [1.82, 2.24) is 4.90 Å². The number of halogens is 1. The lowest BCUT2D eigenvalue weighted by Crippen LogP contribution is -2.34. The molecule has 1 aromatic carbocycles. The highest BCUT2D eigenvalue weighted by atomic mass is 35.5. The summed E-state index contributed by atoms with van der Waals surface area (Å²) in [5.41, 5.74) is 0.414. The number of nitrogens with zero attached hydrogens (tertiary/aromatic N) is 2. The Morgan fingerprint density at radius 3 is 2.64 bits per heavy atom. The summed E-state index contributed by atoms with van der Waals surface area (Å²) < 4.78 is 10.7. The standard InChI is InChI=1S/C16H21ClN2O3/c1-5-19(10-11(3)9-18)16(20)12-7-13(17)15(22-6-2)14(8-12)21-4/h7-8,11H,5-6,10H2,1-4H3/t11-/m1/s1. The van der Waals surface area contributed by atoms with E-state index in [4.69, 9.17) is 26.3 Å². The van der Waals surface area contributed by atoms with E-state index in [1.165, 1.54) is 7.11 Å². The number of hydrogen-bond donors (Lipinski definition) is 0. The van der Waals surface area contributed by atoms with Crippen LogP contribution in [0.3, 0.4) is 0 Å². The fourth-order valence-corrected chi connectivity index (χ4v) is 2.30. The van der Waals surface area contributed by atoms with Crippen molar-refractivity contribution < 1.29 is 14.3 Å². The Labute approximate surface area is 136 Å². The molecule has 0 heterocycles. The van der Waals surface area contributed by atoms with E-state index in [0.29, 0.717) is 41.8 Å². The first-order valence-electron chi connectivity index (χ1n) is 7.17. The number of benzene rings is 1. The molecule has 0 bridgehead atoms. The van der Waals surface area contributed by atoms with Crippen molar-refractivity contribution in [3.8, 4) is 17.6 Å².